The summed E-state index contributed by atoms with van der Waals surface area (Å²) in [7, 11) is 0. The molecule has 0 saturated carbocycles. The first-order chi connectivity index (χ1) is 6.02. The van der Waals surface area contributed by atoms with E-state index in [9.17, 15) is 10.1 Å². The zero-order valence-electron chi connectivity index (χ0n) is 6.36. The molecule has 0 amide bonds. The van der Waals surface area contributed by atoms with Gasteiger partial charge in [0.05, 0.1) is 10.5 Å². The van der Waals surface area contributed by atoms with Crippen LogP contribution in [0, 0.1) is 10.1 Å². The molecule has 0 aliphatic rings. The standard InChI is InChI=1S/C7H5ClN2O2S/c8-4-1-2-5(7(9)13)6(3-4)10(11)12/h1-3H,(H2,9,13). The molecule has 0 unspecified atom stereocenters. The van der Waals surface area contributed by atoms with Crippen LogP contribution in [-0.2, 0) is 0 Å². The van der Waals surface area contributed by atoms with E-state index in [1.54, 1.807) is 0 Å². The first kappa shape index (κ1) is 9.88. The molecule has 0 aliphatic heterocycles. The van der Waals surface area contributed by atoms with E-state index in [1.165, 1.54) is 18.2 Å². The molecule has 0 spiro atoms. The number of benzene rings is 1. The second-order valence-corrected chi connectivity index (χ2v) is 3.16. The van der Waals surface area contributed by atoms with Crippen LogP contribution in [0.1, 0.15) is 5.56 Å². The third kappa shape index (κ3) is 2.13. The molecule has 68 valence electrons. The number of hydrogen-bond acceptors (Lipinski definition) is 3. The minimum atomic E-state index is -0.569. The van der Waals surface area contributed by atoms with E-state index in [0.29, 0.717) is 0 Å². The highest BCUT2D eigenvalue weighted by Crippen LogP contribution is 2.22. The summed E-state index contributed by atoms with van der Waals surface area (Å²) in [4.78, 5) is 9.93. The maximum absolute atomic E-state index is 10.5. The Balaban J connectivity index is 3.35. The van der Waals surface area contributed by atoms with E-state index in [2.05, 4.69) is 12.2 Å². The molecule has 1 aromatic carbocycles. The van der Waals surface area contributed by atoms with Crippen LogP contribution in [-0.4, -0.2) is 9.91 Å². The van der Waals surface area contributed by atoms with Crippen LogP contribution in [0.4, 0.5) is 5.69 Å². The van der Waals surface area contributed by atoms with Gasteiger partial charge in [-0.1, -0.05) is 23.8 Å². The molecule has 0 heterocycles. The van der Waals surface area contributed by atoms with Gasteiger partial charge in [-0.25, -0.2) is 0 Å². The number of nitro groups is 1. The zero-order chi connectivity index (χ0) is 10.0. The van der Waals surface area contributed by atoms with E-state index in [4.69, 9.17) is 17.3 Å². The molecule has 4 nitrogen and oxygen atoms in total. The van der Waals surface area contributed by atoms with Gasteiger partial charge >= 0.3 is 0 Å². The van der Waals surface area contributed by atoms with Gasteiger partial charge in [0.1, 0.15) is 4.99 Å². The van der Waals surface area contributed by atoms with Crippen molar-refractivity contribution in [2.45, 2.75) is 0 Å². The molecule has 13 heavy (non-hydrogen) atoms. The lowest BCUT2D eigenvalue weighted by atomic mass is 10.2. The van der Waals surface area contributed by atoms with E-state index >= 15 is 0 Å². The molecule has 0 fully saturated rings. The Kier molecular flexibility index (Phi) is 2.79. The van der Waals surface area contributed by atoms with Crippen LogP contribution < -0.4 is 5.73 Å². The second kappa shape index (κ2) is 3.68. The fourth-order valence-electron chi connectivity index (χ4n) is 0.864. The average Bonchev–Trinajstić information content (AvgIpc) is 2.03. The van der Waals surface area contributed by atoms with Crippen molar-refractivity contribution >= 4 is 34.5 Å². The molecule has 0 aromatic heterocycles. The number of halogens is 1. The Bertz CT molecular complexity index is 381. The van der Waals surface area contributed by atoms with Crippen molar-refractivity contribution in [3.05, 3.63) is 38.9 Å². The van der Waals surface area contributed by atoms with Crippen LogP contribution in [0.5, 0.6) is 0 Å². The van der Waals surface area contributed by atoms with Crippen LogP contribution in [0.2, 0.25) is 5.02 Å². The Hall–Kier alpha value is -1.20. The maximum Gasteiger partial charge on any atom is 0.281 e. The van der Waals surface area contributed by atoms with Gasteiger partial charge in [0.25, 0.3) is 5.69 Å². The fourth-order valence-corrected chi connectivity index (χ4v) is 1.20. The first-order valence-electron chi connectivity index (χ1n) is 3.26. The van der Waals surface area contributed by atoms with Crippen molar-refractivity contribution in [1.29, 1.82) is 0 Å². The minimum Gasteiger partial charge on any atom is -0.389 e. The van der Waals surface area contributed by atoms with E-state index < -0.39 is 4.92 Å². The smallest absolute Gasteiger partial charge is 0.281 e. The highest BCUT2D eigenvalue weighted by molar-refractivity contribution is 7.80. The van der Waals surface area contributed by atoms with Gasteiger partial charge in [-0.05, 0) is 12.1 Å². The van der Waals surface area contributed by atoms with Crippen molar-refractivity contribution in [1.82, 2.24) is 0 Å². The van der Waals surface area contributed by atoms with Crippen LogP contribution >= 0.6 is 23.8 Å². The zero-order valence-corrected chi connectivity index (χ0v) is 7.93. The maximum atomic E-state index is 10.5. The highest BCUT2D eigenvalue weighted by Gasteiger charge is 2.15. The summed E-state index contributed by atoms with van der Waals surface area (Å²) in [5.41, 5.74) is 5.35. The number of rotatable bonds is 2. The summed E-state index contributed by atoms with van der Waals surface area (Å²) in [6, 6.07) is 4.15. The van der Waals surface area contributed by atoms with Crippen LogP contribution in [0.25, 0.3) is 0 Å². The lowest BCUT2D eigenvalue weighted by Gasteiger charge is -1.99. The van der Waals surface area contributed by atoms with Crippen molar-refractivity contribution in [2.24, 2.45) is 5.73 Å². The lowest BCUT2D eigenvalue weighted by molar-refractivity contribution is -0.385. The Morgan fingerprint density at radius 2 is 2.23 bits per heavy atom. The quantitative estimate of drug-likeness (QED) is 0.466. The predicted molar refractivity (Wildman–Crippen MR) is 54.0 cm³/mol. The average molecular weight is 217 g/mol. The molecule has 1 rings (SSSR count). The third-order valence-corrected chi connectivity index (χ3v) is 1.88. The molecular formula is C7H5ClN2O2S. The number of thiocarbonyl (C=S) groups is 1. The summed E-state index contributed by atoms with van der Waals surface area (Å²) in [6.07, 6.45) is 0. The minimum absolute atomic E-state index is 0.0108. The molecule has 0 bridgehead atoms. The van der Waals surface area contributed by atoms with Crippen molar-refractivity contribution in [2.75, 3.05) is 0 Å². The van der Waals surface area contributed by atoms with Crippen molar-refractivity contribution in [3.63, 3.8) is 0 Å². The van der Waals surface area contributed by atoms with Crippen molar-refractivity contribution < 1.29 is 4.92 Å². The van der Waals surface area contributed by atoms with Crippen molar-refractivity contribution in [3.8, 4) is 0 Å². The molecule has 0 radical (unpaired) electrons. The molecule has 2 N–H and O–H groups in total. The Morgan fingerprint density at radius 1 is 1.62 bits per heavy atom. The normalized spacial score (nSPS) is 9.62. The highest BCUT2D eigenvalue weighted by atomic mass is 35.5. The van der Waals surface area contributed by atoms with E-state index in [0.717, 1.165) is 0 Å². The largest absolute Gasteiger partial charge is 0.389 e. The second-order valence-electron chi connectivity index (χ2n) is 2.28. The summed E-state index contributed by atoms with van der Waals surface area (Å²) in [5, 5.41) is 10.8. The van der Waals surface area contributed by atoms with Gasteiger partial charge in [-0.3, -0.25) is 10.1 Å². The predicted octanol–water partition coefficient (Wildman–Crippen LogP) is 1.88. The number of nitro benzene ring substituents is 1. The summed E-state index contributed by atoms with van der Waals surface area (Å²) >= 11 is 10.2. The van der Waals surface area contributed by atoms with Gasteiger partial charge in [-0.2, -0.15) is 0 Å². The number of nitrogens with zero attached hydrogens (tertiary/aromatic N) is 1. The summed E-state index contributed by atoms with van der Waals surface area (Å²) in [5.74, 6) is 0. The molecule has 1 aromatic rings. The fraction of sp³-hybridized carbons (Fsp3) is 0. The number of nitrogens with two attached hydrogens (primary N) is 1. The monoisotopic (exact) mass is 216 g/mol. The topological polar surface area (TPSA) is 69.2 Å². The first-order valence-corrected chi connectivity index (χ1v) is 4.04. The van der Waals surface area contributed by atoms with E-state index in [-0.39, 0.29) is 21.3 Å². The van der Waals surface area contributed by atoms with Gasteiger partial charge in [0.2, 0.25) is 0 Å². The molecule has 0 saturated heterocycles. The van der Waals surface area contributed by atoms with Gasteiger partial charge < -0.3 is 5.73 Å². The van der Waals surface area contributed by atoms with Gasteiger partial charge in [0, 0.05) is 11.1 Å². The molecule has 6 heteroatoms. The lowest BCUT2D eigenvalue weighted by Crippen LogP contribution is -2.11. The van der Waals surface area contributed by atoms with Crippen LogP contribution in [0.3, 0.4) is 0 Å². The molecule has 0 atom stereocenters. The molecular weight excluding hydrogens is 212 g/mol. The molecule has 0 aliphatic carbocycles. The SMILES string of the molecule is NC(=S)c1ccc(Cl)cc1[N+](=O)[O-]. The summed E-state index contributed by atoms with van der Waals surface area (Å²) in [6.45, 7) is 0. The van der Waals surface area contributed by atoms with Gasteiger partial charge in [0.15, 0.2) is 0 Å². The van der Waals surface area contributed by atoms with E-state index in [1.807, 2.05) is 0 Å². The summed E-state index contributed by atoms with van der Waals surface area (Å²) < 4.78 is 0. The third-order valence-electron chi connectivity index (χ3n) is 1.42. The Morgan fingerprint density at radius 3 is 2.69 bits per heavy atom. The van der Waals surface area contributed by atoms with Gasteiger partial charge in [-0.15, -0.1) is 0 Å². The number of hydrogen-bond donors (Lipinski definition) is 1. The Labute approximate surface area is 84.5 Å². The van der Waals surface area contributed by atoms with Crippen LogP contribution in [0.15, 0.2) is 18.2 Å².